The number of sulfone groups is 2. The summed E-state index contributed by atoms with van der Waals surface area (Å²) < 4.78 is 85.1. The molecule has 0 aromatic rings. The maximum absolute atomic E-state index is 11.5. The number of nitrogens with one attached hydrogen (secondary N) is 2. The summed E-state index contributed by atoms with van der Waals surface area (Å²) in [6, 6.07) is 0. The summed E-state index contributed by atoms with van der Waals surface area (Å²) >= 11 is 0. The minimum atomic E-state index is -4.82. The summed E-state index contributed by atoms with van der Waals surface area (Å²) in [6.45, 7) is 3.36. The van der Waals surface area contributed by atoms with Gasteiger partial charge in [-0.1, -0.05) is 6.58 Å². The minimum absolute atomic E-state index is 0.157. The van der Waals surface area contributed by atoms with E-state index in [1.54, 1.807) is 0 Å². The first kappa shape index (κ1) is 23.9. The Morgan fingerprint density at radius 3 is 2.41 bits per heavy atom. The van der Waals surface area contributed by atoms with Gasteiger partial charge in [0.15, 0.2) is 19.7 Å². The fourth-order valence-electron chi connectivity index (χ4n) is 2.12. The van der Waals surface area contributed by atoms with Crippen molar-refractivity contribution < 1.29 is 43.5 Å². The fraction of sp³-hybridized carbons (Fsp3) is 0.750. The predicted octanol–water partition coefficient (Wildman–Crippen LogP) is -2.40. The molecular weight excluding hydrogens is 428 g/mol. The van der Waals surface area contributed by atoms with Crippen molar-refractivity contribution in [1.82, 2.24) is 10.6 Å². The van der Waals surface area contributed by atoms with Crippen LogP contribution >= 0.6 is 0 Å². The van der Waals surface area contributed by atoms with E-state index in [0.717, 1.165) is 5.41 Å². The lowest BCUT2D eigenvalue weighted by atomic mass is 10.3. The van der Waals surface area contributed by atoms with E-state index >= 15 is 0 Å². The fourth-order valence-corrected chi connectivity index (χ4v) is 5.08. The van der Waals surface area contributed by atoms with Gasteiger partial charge in [0.2, 0.25) is 5.91 Å². The third kappa shape index (κ3) is 10.1. The molecule has 15 heteroatoms. The average molecular weight is 451 g/mol. The van der Waals surface area contributed by atoms with Crippen LogP contribution in [-0.4, -0.2) is 85.0 Å². The SMILES string of the molecule is C=CS(=O)(=O)CCC(=O)NCCNCOC1CS(=O)(=O)CC1OS(=O)(=O)O. The van der Waals surface area contributed by atoms with Gasteiger partial charge in [-0.3, -0.25) is 14.7 Å². The van der Waals surface area contributed by atoms with E-state index in [4.69, 9.17) is 9.29 Å². The first-order chi connectivity index (χ1) is 12.3. The molecule has 2 atom stereocenters. The van der Waals surface area contributed by atoms with Crippen molar-refractivity contribution in [2.75, 3.05) is 37.1 Å². The number of carbonyl (C=O) groups excluding carboxylic acids is 1. The molecule has 1 aliphatic rings. The van der Waals surface area contributed by atoms with Crippen molar-refractivity contribution in [3.05, 3.63) is 12.0 Å². The van der Waals surface area contributed by atoms with Crippen LogP contribution in [0.5, 0.6) is 0 Å². The quantitative estimate of drug-likeness (QED) is 0.164. The van der Waals surface area contributed by atoms with Gasteiger partial charge in [0.1, 0.15) is 12.2 Å². The van der Waals surface area contributed by atoms with Crippen molar-refractivity contribution in [3.8, 4) is 0 Å². The average Bonchev–Trinajstić information content (AvgIpc) is 2.80. The number of rotatable bonds is 12. The van der Waals surface area contributed by atoms with Crippen molar-refractivity contribution in [1.29, 1.82) is 0 Å². The van der Waals surface area contributed by atoms with Gasteiger partial charge in [-0.25, -0.2) is 21.0 Å². The van der Waals surface area contributed by atoms with Crippen LogP contribution in [0.1, 0.15) is 6.42 Å². The third-order valence-corrected chi connectivity index (χ3v) is 6.83. The van der Waals surface area contributed by atoms with Crippen LogP contribution in [0.2, 0.25) is 0 Å². The van der Waals surface area contributed by atoms with Crippen LogP contribution in [-0.2, 0) is 43.8 Å². The predicted molar refractivity (Wildman–Crippen MR) is 94.4 cm³/mol. The lowest BCUT2D eigenvalue weighted by molar-refractivity contribution is -0.120. The van der Waals surface area contributed by atoms with Gasteiger partial charge >= 0.3 is 10.4 Å². The summed E-state index contributed by atoms with van der Waals surface area (Å²) in [7, 11) is -11.8. The highest BCUT2D eigenvalue weighted by atomic mass is 32.3. The Morgan fingerprint density at radius 2 is 1.81 bits per heavy atom. The lowest BCUT2D eigenvalue weighted by Gasteiger charge is -2.17. The van der Waals surface area contributed by atoms with Crippen LogP contribution in [0.25, 0.3) is 0 Å². The van der Waals surface area contributed by atoms with Crippen molar-refractivity contribution in [2.45, 2.75) is 18.6 Å². The second kappa shape index (κ2) is 9.90. The molecule has 0 radical (unpaired) electrons. The highest BCUT2D eigenvalue weighted by molar-refractivity contribution is 7.94. The molecule has 0 bridgehead atoms. The number of hydrogen-bond donors (Lipinski definition) is 3. The van der Waals surface area contributed by atoms with Crippen LogP contribution in [0.4, 0.5) is 0 Å². The summed E-state index contributed by atoms with van der Waals surface area (Å²) in [5, 5.41) is 5.98. The second-order valence-electron chi connectivity index (χ2n) is 5.62. The Morgan fingerprint density at radius 1 is 1.19 bits per heavy atom. The van der Waals surface area contributed by atoms with Crippen LogP contribution in [0, 0.1) is 0 Å². The summed E-state index contributed by atoms with van der Waals surface area (Å²) in [5.74, 6) is -1.86. The third-order valence-electron chi connectivity index (χ3n) is 3.39. The van der Waals surface area contributed by atoms with Gasteiger partial charge in [0.25, 0.3) is 0 Å². The zero-order valence-corrected chi connectivity index (χ0v) is 16.7. The zero-order chi connectivity index (χ0) is 20.7. The molecular formula is C12H22N2O10S3. The Balaban J connectivity index is 2.27. The first-order valence-electron chi connectivity index (χ1n) is 7.64. The Labute approximate surface area is 158 Å². The van der Waals surface area contributed by atoms with E-state index in [2.05, 4.69) is 21.4 Å². The Hall–Kier alpha value is -1.10. The van der Waals surface area contributed by atoms with Crippen molar-refractivity contribution in [2.24, 2.45) is 0 Å². The van der Waals surface area contributed by atoms with Crippen LogP contribution < -0.4 is 10.6 Å². The molecule has 1 rings (SSSR count). The first-order valence-corrected chi connectivity index (χ1v) is 12.5. The molecule has 158 valence electrons. The van der Waals surface area contributed by atoms with Gasteiger partial charge in [-0.05, 0) is 0 Å². The van der Waals surface area contributed by atoms with E-state index in [-0.39, 0.29) is 32.0 Å². The summed E-state index contributed by atoms with van der Waals surface area (Å²) in [4.78, 5) is 11.5. The highest BCUT2D eigenvalue weighted by Gasteiger charge is 2.41. The van der Waals surface area contributed by atoms with E-state index in [1.807, 2.05) is 0 Å². The summed E-state index contributed by atoms with van der Waals surface area (Å²) in [5.41, 5.74) is 0. The molecule has 0 spiro atoms. The largest absolute Gasteiger partial charge is 0.397 e. The van der Waals surface area contributed by atoms with Crippen molar-refractivity contribution >= 4 is 36.0 Å². The van der Waals surface area contributed by atoms with Gasteiger partial charge in [0, 0.05) is 24.9 Å². The molecule has 1 saturated heterocycles. The number of hydrogen-bond acceptors (Lipinski definition) is 10. The lowest BCUT2D eigenvalue weighted by Crippen LogP contribution is -2.37. The minimum Gasteiger partial charge on any atom is -0.359 e. The number of amides is 1. The van der Waals surface area contributed by atoms with Crippen LogP contribution in [0.3, 0.4) is 0 Å². The maximum Gasteiger partial charge on any atom is 0.397 e. The second-order valence-corrected chi connectivity index (χ2v) is 10.9. The maximum atomic E-state index is 11.5. The van der Waals surface area contributed by atoms with E-state index < -0.39 is 59.7 Å². The Bertz CT molecular complexity index is 835. The number of carbonyl (C=O) groups is 1. The normalized spacial score (nSPS) is 22.4. The molecule has 0 aliphatic carbocycles. The summed E-state index contributed by atoms with van der Waals surface area (Å²) in [6.07, 6.45) is -2.64. The van der Waals surface area contributed by atoms with Crippen molar-refractivity contribution in [3.63, 3.8) is 0 Å². The highest BCUT2D eigenvalue weighted by Crippen LogP contribution is 2.20. The standard InChI is InChI=1S/C12H22N2O10S3/c1-2-25(16,17)6-3-12(15)14-5-4-13-9-23-10-7-26(18,19)8-11(10)24-27(20,21)22/h2,10-11,13H,1,3-9H2,(H,14,15)(H,20,21,22). The molecule has 2 unspecified atom stereocenters. The molecule has 1 fully saturated rings. The van der Waals surface area contributed by atoms with E-state index in [1.165, 1.54) is 0 Å². The molecule has 1 amide bonds. The Kier molecular flexibility index (Phi) is 8.78. The molecule has 3 N–H and O–H groups in total. The van der Waals surface area contributed by atoms with Gasteiger partial charge in [-0.15, -0.1) is 0 Å². The smallest absolute Gasteiger partial charge is 0.359 e. The number of ether oxygens (including phenoxy) is 1. The molecule has 0 aromatic carbocycles. The van der Waals surface area contributed by atoms with Crippen LogP contribution in [0.15, 0.2) is 12.0 Å². The molecule has 1 aliphatic heterocycles. The molecule has 0 saturated carbocycles. The van der Waals surface area contributed by atoms with Gasteiger partial charge in [0.05, 0.1) is 24.0 Å². The van der Waals surface area contributed by atoms with Gasteiger partial charge in [-0.2, -0.15) is 8.42 Å². The topological polar surface area (TPSA) is 182 Å². The molecule has 0 aromatic heterocycles. The zero-order valence-electron chi connectivity index (χ0n) is 14.2. The van der Waals surface area contributed by atoms with E-state index in [0.29, 0.717) is 0 Å². The van der Waals surface area contributed by atoms with Gasteiger partial charge < -0.3 is 10.1 Å². The molecule has 12 nitrogen and oxygen atoms in total. The molecule has 1 heterocycles. The monoisotopic (exact) mass is 450 g/mol. The van der Waals surface area contributed by atoms with E-state index in [9.17, 15) is 30.0 Å². The molecule has 27 heavy (non-hydrogen) atoms.